The maximum Gasteiger partial charge on any atom is 0.224 e. The molecule has 1 amide bonds. The minimum absolute atomic E-state index is 0.0864. The number of nitrogens with one attached hydrogen (secondary N) is 2. The third kappa shape index (κ3) is 3.98. The highest BCUT2D eigenvalue weighted by molar-refractivity contribution is 5.78. The van der Waals surface area contributed by atoms with Crippen LogP contribution in [0.5, 0.6) is 0 Å². The molecule has 0 saturated heterocycles. The van der Waals surface area contributed by atoms with E-state index in [-0.39, 0.29) is 24.2 Å². The monoisotopic (exact) mass is 224 g/mol. The Hall–Kier alpha value is -1.42. The van der Waals surface area contributed by atoms with Gasteiger partial charge in [0, 0.05) is 12.6 Å². The van der Waals surface area contributed by atoms with Gasteiger partial charge in [-0.15, -0.1) is 0 Å². The fourth-order valence-corrected chi connectivity index (χ4v) is 1.25. The number of likely N-dealkylation sites (N-methyl/N-ethyl adjacent to an activating group) is 1. The number of hydrogen-bond acceptors (Lipinski definition) is 2. The lowest BCUT2D eigenvalue weighted by atomic mass is 10.1. The minimum Gasteiger partial charge on any atom is -0.354 e. The van der Waals surface area contributed by atoms with E-state index in [2.05, 4.69) is 10.6 Å². The molecular formula is C12H17FN2O. The second kappa shape index (κ2) is 6.23. The van der Waals surface area contributed by atoms with Gasteiger partial charge in [0.1, 0.15) is 5.82 Å². The predicted octanol–water partition coefficient (Wildman–Crippen LogP) is 1.09. The Kier molecular flexibility index (Phi) is 4.92. The van der Waals surface area contributed by atoms with E-state index < -0.39 is 0 Å². The van der Waals surface area contributed by atoms with Crippen LogP contribution in [0.3, 0.4) is 0 Å². The molecule has 1 aromatic carbocycles. The Morgan fingerprint density at radius 2 is 2.12 bits per heavy atom. The molecule has 0 radical (unpaired) electrons. The molecule has 0 spiro atoms. The fourth-order valence-electron chi connectivity index (χ4n) is 1.25. The summed E-state index contributed by atoms with van der Waals surface area (Å²) in [4.78, 5) is 11.5. The van der Waals surface area contributed by atoms with Crippen molar-refractivity contribution in [2.75, 3.05) is 13.6 Å². The van der Waals surface area contributed by atoms with Crippen LogP contribution in [0.2, 0.25) is 0 Å². The number of hydrogen-bond donors (Lipinski definition) is 2. The van der Waals surface area contributed by atoms with Gasteiger partial charge in [-0.1, -0.05) is 18.2 Å². The van der Waals surface area contributed by atoms with Crippen LogP contribution in [-0.2, 0) is 11.2 Å². The Balaban J connectivity index is 2.43. The van der Waals surface area contributed by atoms with Gasteiger partial charge >= 0.3 is 0 Å². The van der Waals surface area contributed by atoms with E-state index in [0.29, 0.717) is 12.1 Å². The molecule has 0 aliphatic rings. The summed E-state index contributed by atoms with van der Waals surface area (Å²) in [5.41, 5.74) is 0.428. The van der Waals surface area contributed by atoms with Crippen LogP contribution in [0, 0.1) is 5.82 Å². The third-order valence-corrected chi connectivity index (χ3v) is 2.41. The molecule has 4 heteroatoms. The standard InChI is InChI=1S/C12H17FN2O/c1-9(14-2)8-15-12(16)7-10-5-3-4-6-11(10)13/h3-6,9,14H,7-8H2,1-2H3,(H,15,16). The van der Waals surface area contributed by atoms with Gasteiger partial charge in [-0.25, -0.2) is 4.39 Å². The first-order valence-electron chi connectivity index (χ1n) is 5.31. The molecule has 0 heterocycles. The summed E-state index contributed by atoms with van der Waals surface area (Å²) in [6.07, 6.45) is 0.0864. The van der Waals surface area contributed by atoms with Crippen LogP contribution >= 0.6 is 0 Å². The molecule has 1 atom stereocenters. The van der Waals surface area contributed by atoms with Crippen LogP contribution in [0.25, 0.3) is 0 Å². The highest BCUT2D eigenvalue weighted by atomic mass is 19.1. The lowest BCUT2D eigenvalue weighted by Gasteiger charge is -2.11. The smallest absolute Gasteiger partial charge is 0.224 e. The average Bonchev–Trinajstić information content (AvgIpc) is 2.29. The summed E-state index contributed by atoms with van der Waals surface area (Å²) < 4.78 is 13.2. The molecule has 1 aromatic rings. The molecule has 0 aliphatic heterocycles. The Labute approximate surface area is 95.0 Å². The van der Waals surface area contributed by atoms with E-state index in [4.69, 9.17) is 0 Å². The highest BCUT2D eigenvalue weighted by Crippen LogP contribution is 2.06. The lowest BCUT2D eigenvalue weighted by molar-refractivity contribution is -0.120. The molecule has 88 valence electrons. The lowest BCUT2D eigenvalue weighted by Crippen LogP contribution is -2.37. The molecule has 16 heavy (non-hydrogen) atoms. The quantitative estimate of drug-likeness (QED) is 0.786. The summed E-state index contributed by atoms with van der Waals surface area (Å²) in [6, 6.07) is 6.53. The number of benzene rings is 1. The first-order valence-corrected chi connectivity index (χ1v) is 5.31. The van der Waals surface area contributed by atoms with Crippen LogP contribution in [0.4, 0.5) is 4.39 Å². The van der Waals surface area contributed by atoms with Crippen LogP contribution in [-0.4, -0.2) is 25.5 Å². The number of carbonyl (C=O) groups excluding carboxylic acids is 1. The molecular weight excluding hydrogens is 207 g/mol. The van der Waals surface area contributed by atoms with Gasteiger partial charge < -0.3 is 10.6 Å². The minimum atomic E-state index is -0.334. The van der Waals surface area contributed by atoms with E-state index in [1.165, 1.54) is 6.07 Å². The van der Waals surface area contributed by atoms with E-state index in [9.17, 15) is 9.18 Å². The van der Waals surface area contributed by atoms with Crippen molar-refractivity contribution in [2.45, 2.75) is 19.4 Å². The molecule has 0 fully saturated rings. The number of amides is 1. The molecule has 1 unspecified atom stereocenters. The maximum atomic E-state index is 13.2. The summed E-state index contributed by atoms with van der Waals surface area (Å²) in [5.74, 6) is -0.494. The number of halogens is 1. The summed E-state index contributed by atoms with van der Waals surface area (Å²) in [7, 11) is 1.83. The predicted molar refractivity (Wildman–Crippen MR) is 61.6 cm³/mol. The fraction of sp³-hybridized carbons (Fsp3) is 0.417. The number of carbonyl (C=O) groups is 1. The Morgan fingerprint density at radius 1 is 1.44 bits per heavy atom. The molecule has 1 rings (SSSR count). The Morgan fingerprint density at radius 3 is 2.75 bits per heavy atom. The highest BCUT2D eigenvalue weighted by Gasteiger charge is 2.07. The maximum absolute atomic E-state index is 13.2. The molecule has 3 nitrogen and oxygen atoms in total. The second-order valence-electron chi connectivity index (χ2n) is 3.76. The van der Waals surface area contributed by atoms with Crippen molar-refractivity contribution < 1.29 is 9.18 Å². The van der Waals surface area contributed by atoms with Crippen molar-refractivity contribution in [3.8, 4) is 0 Å². The largest absolute Gasteiger partial charge is 0.354 e. The van der Waals surface area contributed by atoms with E-state index in [0.717, 1.165) is 0 Å². The van der Waals surface area contributed by atoms with Gasteiger partial charge in [0.25, 0.3) is 0 Å². The first-order chi connectivity index (χ1) is 7.63. The van der Waals surface area contributed by atoms with Gasteiger partial charge in [0.05, 0.1) is 6.42 Å². The van der Waals surface area contributed by atoms with E-state index >= 15 is 0 Å². The summed E-state index contributed by atoms with van der Waals surface area (Å²) in [6.45, 7) is 2.51. The topological polar surface area (TPSA) is 41.1 Å². The third-order valence-electron chi connectivity index (χ3n) is 2.41. The average molecular weight is 224 g/mol. The van der Waals surface area contributed by atoms with Crippen molar-refractivity contribution >= 4 is 5.91 Å². The summed E-state index contributed by atoms with van der Waals surface area (Å²) in [5, 5.41) is 5.75. The van der Waals surface area contributed by atoms with Gasteiger partial charge in [0.2, 0.25) is 5.91 Å². The SMILES string of the molecule is CNC(C)CNC(=O)Cc1ccccc1F. The van der Waals surface area contributed by atoms with Gasteiger partial charge in [-0.3, -0.25) is 4.79 Å². The van der Waals surface area contributed by atoms with Crippen LogP contribution in [0.1, 0.15) is 12.5 Å². The number of rotatable bonds is 5. The van der Waals surface area contributed by atoms with Crippen molar-refractivity contribution in [2.24, 2.45) is 0 Å². The van der Waals surface area contributed by atoms with Crippen LogP contribution < -0.4 is 10.6 Å². The van der Waals surface area contributed by atoms with E-state index in [1.54, 1.807) is 18.2 Å². The normalized spacial score (nSPS) is 12.2. The zero-order valence-corrected chi connectivity index (χ0v) is 9.59. The zero-order valence-electron chi connectivity index (χ0n) is 9.59. The zero-order chi connectivity index (χ0) is 12.0. The molecule has 0 aliphatic carbocycles. The van der Waals surface area contributed by atoms with E-state index in [1.807, 2.05) is 14.0 Å². The van der Waals surface area contributed by atoms with Gasteiger partial charge in [-0.05, 0) is 25.6 Å². The van der Waals surface area contributed by atoms with Gasteiger partial charge in [0.15, 0.2) is 0 Å². The molecule has 0 aromatic heterocycles. The summed E-state index contributed by atoms with van der Waals surface area (Å²) >= 11 is 0. The molecule has 0 bridgehead atoms. The Bertz CT molecular complexity index is 355. The van der Waals surface area contributed by atoms with Crippen LogP contribution in [0.15, 0.2) is 24.3 Å². The van der Waals surface area contributed by atoms with Crippen molar-refractivity contribution in [1.82, 2.24) is 10.6 Å². The first kappa shape index (κ1) is 12.6. The van der Waals surface area contributed by atoms with Gasteiger partial charge in [-0.2, -0.15) is 0 Å². The van der Waals surface area contributed by atoms with Crippen molar-refractivity contribution in [3.05, 3.63) is 35.6 Å². The molecule has 2 N–H and O–H groups in total. The van der Waals surface area contributed by atoms with Crippen molar-refractivity contribution in [1.29, 1.82) is 0 Å². The second-order valence-corrected chi connectivity index (χ2v) is 3.76. The molecule has 0 saturated carbocycles. The van der Waals surface area contributed by atoms with Crippen molar-refractivity contribution in [3.63, 3.8) is 0 Å².